The number of esters is 1. The minimum absolute atomic E-state index is 0.0687. The number of aryl methyl sites for hydroxylation is 1. The van der Waals surface area contributed by atoms with E-state index in [9.17, 15) is 9.59 Å². The molecule has 1 aromatic rings. The van der Waals surface area contributed by atoms with Gasteiger partial charge in [0, 0.05) is 19.0 Å². The number of nitrogens with one attached hydrogen (secondary N) is 1. The standard InChI is InChI=1S/C12H20N4O3/c1-4-19-12(18)10-11(13)16(7-14-10)6-5-9(17)15-8(2)3/h7-8H,4-6,13H2,1-3H3,(H,15,17). The van der Waals surface area contributed by atoms with Crippen LogP contribution in [0, 0.1) is 0 Å². The summed E-state index contributed by atoms with van der Waals surface area (Å²) in [5, 5.41) is 2.78. The van der Waals surface area contributed by atoms with Crippen LogP contribution in [0.2, 0.25) is 0 Å². The van der Waals surface area contributed by atoms with Gasteiger partial charge in [-0.1, -0.05) is 0 Å². The van der Waals surface area contributed by atoms with Crippen LogP contribution in [0.25, 0.3) is 0 Å². The number of carbonyl (C=O) groups excluding carboxylic acids is 2. The van der Waals surface area contributed by atoms with Gasteiger partial charge in [0.15, 0.2) is 5.69 Å². The summed E-state index contributed by atoms with van der Waals surface area (Å²) in [6.45, 7) is 6.13. The highest BCUT2D eigenvalue weighted by Gasteiger charge is 2.17. The lowest BCUT2D eigenvalue weighted by Gasteiger charge is -2.09. The summed E-state index contributed by atoms with van der Waals surface area (Å²) in [5.41, 5.74) is 5.88. The van der Waals surface area contributed by atoms with E-state index in [0.29, 0.717) is 6.54 Å². The average molecular weight is 268 g/mol. The van der Waals surface area contributed by atoms with Gasteiger partial charge in [-0.25, -0.2) is 9.78 Å². The van der Waals surface area contributed by atoms with Crippen LogP contribution in [0.15, 0.2) is 6.33 Å². The number of amides is 1. The molecule has 0 fully saturated rings. The maximum atomic E-state index is 11.5. The zero-order valence-corrected chi connectivity index (χ0v) is 11.5. The van der Waals surface area contributed by atoms with Crippen LogP contribution < -0.4 is 11.1 Å². The van der Waals surface area contributed by atoms with Gasteiger partial charge in [-0.15, -0.1) is 0 Å². The first-order chi connectivity index (χ1) is 8.95. The molecular weight excluding hydrogens is 248 g/mol. The first kappa shape index (κ1) is 15.0. The molecule has 19 heavy (non-hydrogen) atoms. The molecule has 7 nitrogen and oxygen atoms in total. The van der Waals surface area contributed by atoms with Gasteiger partial charge in [0.1, 0.15) is 5.82 Å². The highest BCUT2D eigenvalue weighted by molar-refractivity contribution is 5.92. The monoisotopic (exact) mass is 268 g/mol. The largest absolute Gasteiger partial charge is 0.461 e. The van der Waals surface area contributed by atoms with Crippen molar-refractivity contribution >= 4 is 17.7 Å². The van der Waals surface area contributed by atoms with E-state index in [0.717, 1.165) is 0 Å². The Morgan fingerprint density at radius 2 is 2.21 bits per heavy atom. The first-order valence-electron chi connectivity index (χ1n) is 6.22. The molecule has 0 bridgehead atoms. The maximum Gasteiger partial charge on any atom is 0.360 e. The Hall–Kier alpha value is -2.05. The van der Waals surface area contributed by atoms with Crippen molar-refractivity contribution in [2.45, 2.75) is 39.8 Å². The molecule has 0 saturated heterocycles. The maximum absolute atomic E-state index is 11.5. The van der Waals surface area contributed by atoms with Crippen molar-refractivity contribution in [2.75, 3.05) is 12.3 Å². The number of aromatic nitrogens is 2. The molecule has 0 aromatic carbocycles. The number of rotatable bonds is 6. The number of anilines is 1. The summed E-state index contributed by atoms with van der Waals surface area (Å²) in [6.07, 6.45) is 1.71. The minimum Gasteiger partial charge on any atom is -0.461 e. The van der Waals surface area contributed by atoms with Crippen LogP contribution in [-0.2, 0) is 16.1 Å². The van der Waals surface area contributed by atoms with Gasteiger partial charge in [0.2, 0.25) is 5.91 Å². The molecule has 0 spiro atoms. The molecular formula is C12H20N4O3. The summed E-state index contributed by atoms with van der Waals surface area (Å²) in [7, 11) is 0. The van der Waals surface area contributed by atoms with E-state index < -0.39 is 5.97 Å². The lowest BCUT2D eigenvalue weighted by Crippen LogP contribution is -2.30. The Kier molecular flexibility index (Phi) is 5.35. The number of nitrogens with zero attached hydrogens (tertiary/aromatic N) is 2. The van der Waals surface area contributed by atoms with E-state index in [1.165, 1.54) is 6.33 Å². The molecule has 1 heterocycles. The van der Waals surface area contributed by atoms with Crippen LogP contribution >= 0.6 is 0 Å². The second-order valence-corrected chi connectivity index (χ2v) is 4.36. The summed E-state index contributed by atoms with van der Waals surface area (Å²) in [5.74, 6) is -0.401. The number of hydrogen-bond acceptors (Lipinski definition) is 5. The van der Waals surface area contributed by atoms with Crippen molar-refractivity contribution in [3.63, 3.8) is 0 Å². The smallest absolute Gasteiger partial charge is 0.360 e. The molecule has 0 radical (unpaired) electrons. The van der Waals surface area contributed by atoms with E-state index >= 15 is 0 Å². The van der Waals surface area contributed by atoms with Crippen LogP contribution in [0.4, 0.5) is 5.82 Å². The van der Waals surface area contributed by atoms with Crippen molar-refractivity contribution in [1.82, 2.24) is 14.9 Å². The van der Waals surface area contributed by atoms with Crippen molar-refractivity contribution in [3.8, 4) is 0 Å². The lowest BCUT2D eigenvalue weighted by molar-refractivity contribution is -0.121. The average Bonchev–Trinajstić information content (AvgIpc) is 2.67. The van der Waals surface area contributed by atoms with Gasteiger partial charge in [-0.2, -0.15) is 0 Å². The quantitative estimate of drug-likeness (QED) is 0.734. The van der Waals surface area contributed by atoms with Gasteiger partial charge < -0.3 is 20.4 Å². The highest BCUT2D eigenvalue weighted by atomic mass is 16.5. The number of imidazole rings is 1. The number of hydrogen-bond donors (Lipinski definition) is 2. The Labute approximate surface area is 112 Å². The van der Waals surface area contributed by atoms with Crippen molar-refractivity contribution in [2.24, 2.45) is 0 Å². The molecule has 0 aliphatic carbocycles. The zero-order chi connectivity index (χ0) is 14.4. The molecule has 106 valence electrons. The number of nitrogens with two attached hydrogens (primary N) is 1. The van der Waals surface area contributed by atoms with Crippen LogP contribution in [0.3, 0.4) is 0 Å². The minimum atomic E-state index is -0.551. The Morgan fingerprint density at radius 3 is 2.79 bits per heavy atom. The van der Waals surface area contributed by atoms with Gasteiger partial charge in [-0.3, -0.25) is 4.79 Å². The Bertz CT molecular complexity index is 454. The predicted molar refractivity (Wildman–Crippen MR) is 70.5 cm³/mol. The third kappa shape index (κ3) is 4.27. The van der Waals surface area contributed by atoms with Gasteiger partial charge in [0.25, 0.3) is 0 Å². The molecule has 0 aliphatic rings. The van der Waals surface area contributed by atoms with E-state index in [1.807, 2.05) is 13.8 Å². The van der Waals surface area contributed by atoms with E-state index in [4.69, 9.17) is 10.5 Å². The van der Waals surface area contributed by atoms with Crippen LogP contribution in [0.5, 0.6) is 0 Å². The molecule has 1 rings (SSSR count). The van der Waals surface area contributed by atoms with Gasteiger partial charge in [-0.05, 0) is 20.8 Å². The Balaban J connectivity index is 2.61. The molecule has 1 amide bonds. The second kappa shape index (κ2) is 6.77. The number of nitrogen functional groups attached to an aromatic ring is 1. The SMILES string of the molecule is CCOC(=O)c1ncn(CCC(=O)NC(C)C)c1N. The summed E-state index contributed by atoms with van der Waals surface area (Å²) < 4.78 is 6.39. The lowest BCUT2D eigenvalue weighted by atomic mass is 10.3. The summed E-state index contributed by atoms with van der Waals surface area (Å²) in [4.78, 5) is 26.9. The molecule has 7 heteroatoms. The summed E-state index contributed by atoms with van der Waals surface area (Å²) in [6, 6.07) is 0.0997. The van der Waals surface area contributed by atoms with Gasteiger partial charge in [0.05, 0.1) is 12.9 Å². The summed E-state index contributed by atoms with van der Waals surface area (Å²) >= 11 is 0. The van der Waals surface area contributed by atoms with E-state index in [-0.39, 0.29) is 36.5 Å². The molecule has 1 aromatic heterocycles. The van der Waals surface area contributed by atoms with Crippen molar-refractivity contribution in [3.05, 3.63) is 12.0 Å². The molecule has 0 atom stereocenters. The van der Waals surface area contributed by atoms with E-state index in [1.54, 1.807) is 11.5 Å². The number of ether oxygens (including phenoxy) is 1. The molecule has 0 saturated carbocycles. The van der Waals surface area contributed by atoms with Crippen LogP contribution in [-0.4, -0.2) is 34.1 Å². The first-order valence-corrected chi connectivity index (χ1v) is 6.22. The third-order valence-electron chi connectivity index (χ3n) is 2.38. The zero-order valence-electron chi connectivity index (χ0n) is 11.5. The third-order valence-corrected chi connectivity index (χ3v) is 2.38. The fourth-order valence-electron chi connectivity index (χ4n) is 1.54. The molecule has 3 N–H and O–H groups in total. The highest BCUT2D eigenvalue weighted by Crippen LogP contribution is 2.12. The Morgan fingerprint density at radius 1 is 1.53 bits per heavy atom. The topological polar surface area (TPSA) is 99.2 Å². The van der Waals surface area contributed by atoms with E-state index in [2.05, 4.69) is 10.3 Å². The van der Waals surface area contributed by atoms with Crippen LogP contribution in [0.1, 0.15) is 37.7 Å². The van der Waals surface area contributed by atoms with Crippen molar-refractivity contribution < 1.29 is 14.3 Å². The van der Waals surface area contributed by atoms with Gasteiger partial charge >= 0.3 is 5.97 Å². The fraction of sp³-hybridized carbons (Fsp3) is 0.583. The molecule has 0 unspecified atom stereocenters. The molecule has 0 aliphatic heterocycles. The predicted octanol–water partition coefficient (Wildman–Crippen LogP) is 0.557. The normalized spacial score (nSPS) is 10.5. The fourth-order valence-corrected chi connectivity index (χ4v) is 1.54. The van der Waals surface area contributed by atoms with Crippen molar-refractivity contribution in [1.29, 1.82) is 0 Å². The number of carbonyl (C=O) groups is 2. The second-order valence-electron chi connectivity index (χ2n) is 4.36.